The molecule has 0 heteroatoms. The van der Waals surface area contributed by atoms with Gasteiger partial charge in [0.1, 0.15) is 0 Å². The Morgan fingerprint density at radius 2 is 1.64 bits per heavy atom. The van der Waals surface area contributed by atoms with Crippen molar-refractivity contribution in [3.05, 3.63) is 53.6 Å². The van der Waals surface area contributed by atoms with Gasteiger partial charge in [0.25, 0.3) is 0 Å². The zero-order valence-electron chi connectivity index (χ0n) is 9.67. The molecule has 1 aromatic rings. The quantitative estimate of drug-likeness (QED) is 0.568. The molecule has 14 heavy (non-hydrogen) atoms. The molecule has 0 fully saturated rings. The number of hydrogen-bond acceptors (Lipinski definition) is 0. The van der Waals surface area contributed by atoms with Crippen molar-refractivity contribution in [3.8, 4) is 0 Å². The Labute approximate surface area is 88.0 Å². The number of benzene rings is 1. The van der Waals surface area contributed by atoms with E-state index in [2.05, 4.69) is 38.6 Å². The molecule has 0 heterocycles. The summed E-state index contributed by atoms with van der Waals surface area (Å²) >= 11 is 0. The Kier molecular flexibility index (Phi) is 6.47. The fourth-order valence-electron chi connectivity index (χ4n) is 0.980. The summed E-state index contributed by atoms with van der Waals surface area (Å²) in [7, 11) is 0. The van der Waals surface area contributed by atoms with E-state index >= 15 is 0 Å². The molecule has 1 rings (SSSR count). The largest absolute Gasteiger partial charge is 0.0985 e. The molecule has 1 aromatic carbocycles. The van der Waals surface area contributed by atoms with Gasteiger partial charge < -0.3 is 0 Å². The SMILES string of the molecule is C/C=C\C.C=Cc1cc(C)ccc1C. The number of allylic oxidation sites excluding steroid dienone is 2. The number of aryl methyl sites for hydroxylation is 2. The minimum Gasteiger partial charge on any atom is -0.0985 e. The van der Waals surface area contributed by atoms with Crippen LogP contribution in [0.2, 0.25) is 0 Å². The van der Waals surface area contributed by atoms with Crippen molar-refractivity contribution in [1.29, 1.82) is 0 Å². The van der Waals surface area contributed by atoms with Crippen molar-refractivity contribution in [1.82, 2.24) is 0 Å². The van der Waals surface area contributed by atoms with Gasteiger partial charge in [-0.15, -0.1) is 0 Å². The van der Waals surface area contributed by atoms with E-state index in [-0.39, 0.29) is 0 Å². The topological polar surface area (TPSA) is 0 Å². The number of hydrogen-bond donors (Lipinski definition) is 0. The molecule has 0 atom stereocenters. The van der Waals surface area contributed by atoms with Crippen LogP contribution in [0.5, 0.6) is 0 Å². The van der Waals surface area contributed by atoms with Crippen LogP contribution in [0.3, 0.4) is 0 Å². The lowest BCUT2D eigenvalue weighted by Crippen LogP contribution is -1.80. The lowest BCUT2D eigenvalue weighted by atomic mass is 10.1. The lowest BCUT2D eigenvalue weighted by Gasteiger charge is -1.99. The Morgan fingerprint density at radius 3 is 2.00 bits per heavy atom. The molecule has 0 radical (unpaired) electrons. The van der Waals surface area contributed by atoms with E-state index in [4.69, 9.17) is 0 Å². The summed E-state index contributed by atoms with van der Waals surface area (Å²) < 4.78 is 0. The molecule has 0 bridgehead atoms. The Balaban J connectivity index is 0.000000364. The molecule has 0 saturated carbocycles. The van der Waals surface area contributed by atoms with E-state index in [0.29, 0.717) is 0 Å². The highest BCUT2D eigenvalue weighted by atomic mass is 14.0. The van der Waals surface area contributed by atoms with E-state index < -0.39 is 0 Å². The highest BCUT2D eigenvalue weighted by Gasteiger charge is 1.91. The molecule has 76 valence electrons. The van der Waals surface area contributed by atoms with E-state index in [0.717, 1.165) is 0 Å². The van der Waals surface area contributed by atoms with Crippen molar-refractivity contribution in [3.63, 3.8) is 0 Å². The van der Waals surface area contributed by atoms with Crippen LogP contribution in [0.4, 0.5) is 0 Å². The maximum atomic E-state index is 3.73. The van der Waals surface area contributed by atoms with Crippen LogP contribution >= 0.6 is 0 Å². The minimum atomic E-state index is 1.24. The predicted molar refractivity (Wildman–Crippen MR) is 66.5 cm³/mol. The van der Waals surface area contributed by atoms with Crippen molar-refractivity contribution < 1.29 is 0 Å². The van der Waals surface area contributed by atoms with Crippen LogP contribution in [0, 0.1) is 13.8 Å². The molecule has 0 aliphatic carbocycles. The first kappa shape index (κ1) is 12.7. The van der Waals surface area contributed by atoms with Gasteiger partial charge in [-0.1, -0.05) is 48.6 Å². The summed E-state index contributed by atoms with van der Waals surface area (Å²) in [6, 6.07) is 6.37. The fraction of sp³-hybridized carbons (Fsp3) is 0.286. The van der Waals surface area contributed by atoms with Crippen LogP contribution in [0.1, 0.15) is 30.5 Å². The second-order valence-corrected chi connectivity index (χ2v) is 3.23. The highest BCUT2D eigenvalue weighted by molar-refractivity contribution is 5.52. The summed E-state index contributed by atoms with van der Waals surface area (Å²) in [6.07, 6.45) is 5.89. The van der Waals surface area contributed by atoms with E-state index in [1.54, 1.807) is 0 Å². The molecule has 0 aromatic heterocycles. The first-order chi connectivity index (χ1) is 6.65. The normalized spacial score (nSPS) is 9.43. The van der Waals surface area contributed by atoms with Crippen molar-refractivity contribution in [2.24, 2.45) is 0 Å². The summed E-state index contributed by atoms with van der Waals surface area (Å²) in [4.78, 5) is 0. The van der Waals surface area contributed by atoms with Crippen LogP contribution in [-0.4, -0.2) is 0 Å². The molecular formula is C14H20. The second-order valence-electron chi connectivity index (χ2n) is 3.23. The van der Waals surface area contributed by atoms with Gasteiger partial charge in [0.05, 0.1) is 0 Å². The van der Waals surface area contributed by atoms with Gasteiger partial charge in [-0.05, 0) is 38.8 Å². The van der Waals surface area contributed by atoms with Gasteiger partial charge in [-0.2, -0.15) is 0 Å². The second kappa shape index (κ2) is 7.14. The zero-order valence-corrected chi connectivity index (χ0v) is 9.67. The Bertz CT molecular complexity index is 302. The third kappa shape index (κ3) is 4.66. The first-order valence-corrected chi connectivity index (χ1v) is 4.92. The molecule has 0 unspecified atom stereocenters. The van der Waals surface area contributed by atoms with E-state index in [9.17, 15) is 0 Å². The van der Waals surface area contributed by atoms with E-state index in [1.807, 2.05) is 32.1 Å². The standard InChI is InChI=1S/C10H12.C4H8/c1-4-10-7-8(2)5-6-9(10)3;1-3-4-2/h4-7H,1H2,2-3H3;3-4H,1-2H3/b;4-3-. The van der Waals surface area contributed by atoms with Crippen molar-refractivity contribution >= 4 is 6.08 Å². The first-order valence-electron chi connectivity index (χ1n) is 4.92. The summed E-state index contributed by atoms with van der Waals surface area (Å²) in [5.41, 5.74) is 3.82. The molecule has 0 N–H and O–H groups in total. The Hall–Kier alpha value is -1.30. The predicted octanol–water partition coefficient (Wildman–Crippen LogP) is 4.53. The molecule has 0 saturated heterocycles. The summed E-state index contributed by atoms with van der Waals surface area (Å²) in [5, 5.41) is 0. The highest BCUT2D eigenvalue weighted by Crippen LogP contribution is 2.10. The Morgan fingerprint density at radius 1 is 1.07 bits per heavy atom. The van der Waals surface area contributed by atoms with Gasteiger partial charge in [-0.3, -0.25) is 0 Å². The van der Waals surface area contributed by atoms with Gasteiger partial charge in [0.15, 0.2) is 0 Å². The molecular weight excluding hydrogens is 168 g/mol. The van der Waals surface area contributed by atoms with Crippen LogP contribution in [-0.2, 0) is 0 Å². The molecule has 0 aliphatic rings. The maximum absolute atomic E-state index is 3.73. The smallest absolute Gasteiger partial charge is 0.0231 e. The summed E-state index contributed by atoms with van der Waals surface area (Å²) in [5.74, 6) is 0. The summed E-state index contributed by atoms with van der Waals surface area (Å²) in [6.45, 7) is 11.9. The number of rotatable bonds is 1. The van der Waals surface area contributed by atoms with Crippen LogP contribution < -0.4 is 0 Å². The average molecular weight is 188 g/mol. The third-order valence-electron chi connectivity index (χ3n) is 1.99. The minimum absolute atomic E-state index is 1.24. The van der Waals surface area contributed by atoms with Gasteiger partial charge in [0, 0.05) is 0 Å². The van der Waals surface area contributed by atoms with Gasteiger partial charge >= 0.3 is 0 Å². The maximum Gasteiger partial charge on any atom is -0.0231 e. The average Bonchev–Trinajstić information content (AvgIpc) is 2.22. The molecule has 0 nitrogen and oxygen atoms in total. The molecule has 0 aliphatic heterocycles. The third-order valence-corrected chi connectivity index (χ3v) is 1.99. The zero-order chi connectivity index (χ0) is 11.0. The molecule has 0 amide bonds. The van der Waals surface area contributed by atoms with Crippen LogP contribution in [0.15, 0.2) is 36.9 Å². The van der Waals surface area contributed by atoms with Crippen molar-refractivity contribution in [2.45, 2.75) is 27.7 Å². The van der Waals surface area contributed by atoms with Crippen molar-refractivity contribution in [2.75, 3.05) is 0 Å². The molecule has 0 spiro atoms. The lowest BCUT2D eigenvalue weighted by molar-refractivity contribution is 1.38. The van der Waals surface area contributed by atoms with E-state index in [1.165, 1.54) is 16.7 Å². The van der Waals surface area contributed by atoms with Gasteiger partial charge in [-0.25, -0.2) is 0 Å². The monoisotopic (exact) mass is 188 g/mol. The fourth-order valence-corrected chi connectivity index (χ4v) is 0.980. The van der Waals surface area contributed by atoms with Gasteiger partial charge in [0.2, 0.25) is 0 Å². The van der Waals surface area contributed by atoms with Crippen LogP contribution in [0.25, 0.3) is 6.08 Å².